The average molecular weight is 425 g/mol. The van der Waals surface area contributed by atoms with Crippen molar-refractivity contribution in [1.82, 2.24) is 4.90 Å². The summed E-state index contributed by atoms with van der Waals surface area (Å²) in [5.41, 5.74) is 2.70. The van der Waals surface area contributed by atoms with Gasteiger partial charge in [0.2, 0.25) is 0 Å². The Hall–Kier alpha value is -2.93. The van der Waals surface area contributed by atoms with Crippen molar-refractivity contribution >= 4 is 0 Å². The molecule has 164 valence electrons. The lowest BCUT2D eigenvalue weighted by Gasteiger charge is -2.49. The van der Waals surface area contributed by atoms with Crippen LogP contribution in [0.15, 0.2) is 91.0 Å². The second-order valence-corrected chi connectivity index (χ2v) is 9.39. The SMILES string of the molecule is CC(C)(CCC(C#N)(c1ccccc1)c1ccccc1)N1CC(OCc2ccccc2)C1. The number of benzene rings is 3. The van der Waals surface area contributed by atoms with Crippen molar-refractivity contribution in [1.29, 1.82) is 5.26 Å². The Morgan fingerprint density at radius 2 is 1.31 bits per heavy atom. The van der Waals surface area contributed by atoms with Crippen molar-refractivity contribution in [2.24, 2.45) is 0 Å². The summed E-state index contributed by atoms with van der Waals surface area (Å²) in [5, 5.41) is 10.4. The van der Waals surface area contributed by atoms with Crippen molar-refractivity contribution in [3.63, 3.8) is 0 Å². The first-order valence-electron chi connectivity index (χ1n) is 11.5. The monoisotopic (exact) mass is 424 g/mol. The maximum atomic E-state index is 10.4. The van der Waals surface area contributed by atoms with E-state index in [0.29, 0.717) is 6.61 Å². The zero-order chi connectivity index (χ0) is 22.4. The zero-order valence-electron chi connectivity index (χ0n) is 19.1. The summed E-state index contributed by atoms with van der Waals surface area (Å²) in [4.78, 5) is 2.49. The van der Waals surface area contributed by atoms with Crippen LogP contribution in [0.2, 0.25) is 0 Å². The van der Waals surface area contributed by atoms with Gasteiger partial charge in [-0.25, -0.2) is 0 Å². The Morgan fingerprint density at radius 1 is 0.812 bits per heavy atom. The van der Waals surface area contributed by atoms with Gasteiger partial charge in [-0.1, -0.05) is 91.0 Å². The predicted molar refractivity (Wildman–Crippen MR) is 129 cm³/mol. The summed E-state index contributed by atoms with van der Waals surface area (Å²) in [6.45, 7) is 7.13. The summed E-state index contributed by atoms with van der Waals surface area (Å²) in [5.74, 6) is 0. The molecule has 1 aliphatic heterocycles. The molecule has 0 aliphatic carbocycles. The molecule has 0 bridgehead atoms. The van der Waals surface area contributed by atoms with E-state index in [1.165, 1.54) is 5.56 Å². The number of hydrogen-bond acceptors (Lipinski definition) is 3. The molecule has 0 spiro atoms. The highest BCUT2D eigenvalue weighted by molar-refractivity contribution is 5.45. The molecule has 0 N–H and O–H groups in total. The largest absolute Gasteiger partial charge is 0.371 e. The summed E-state index contributed by atoms with van der Waals surface area (Å²) >= 11 is 0. The topological polar surface area (TPSA) is 36.3 Å². The summed E-state index contributed by atoms with van der Waals surface area (Å²) < 4.78 is 6.10. The first-order chi connectivity index (χ1) is 15.5. The fourth-order valence-electron chi connectivity index (χ4n) is 4.56. The molecule has 3 aromatic rings. The number of ether oxygens (including phenoxy) is 1. The van der Waals surface area contributed by atoms with E-state index in [-0.39, 0.29) is 11.6 Å². The van der Waals surface area contributed by atoms with E-state index in [1.54, 1.807) is 0 Å². The summed E-state index contributed by atoms with van der Waals surface area (Å²) in [6, 6.07) is 33.5. The molecule has 0 amide bonds. The smallest absolute Gasteiger partial charge is 0.107 e. The molecule has 32 heavy (non-hydrogen) atoms. The number of rotatable bonds is 9. The Bertz CT molecular complexity index is 980. The van der Waals surface area contributed by atoms with Crippen LogP contribution in [-0.4, -0.2) is 29.6 Å². The number of nitrogens with zero attached hydrogens (tertiary/aromatic N) is 2. The molecule has 4 rings (SSSR count). The van der Waals surface area contributed by atoms with Crippen LogP contribution in [0.3, 0.4) is 0 Å². The van der Waals surface area contributed by atoms with Crippen molar-refractivity contribution in [3.05, 3.63) is 108 Å². The first kappa shape index (κ1) is 22.3. The van der Waals surface area contributed by atoms with Crippen LogP contribution in [0.5, 0.6) is 0 Å². The van der Waals surface area contributed by atoms with Crippen LogP contribution in [0.25, 0.3) is 0 Å². The molecule has 1 saturated heterocycles. The molecule has 3 heteroatoms. The van der Waals surface area contributed by atoms with E-state index in [9.17, 15) is 5.26 Å². The lowest BCUT2D eigenvalue weighted by molar-refractivity contribution is -0.102. The second-order valence-electron chi connectivity index (χ2n) is 9.39. The van der Waals surface area contributed by atoms with Crippen LogP contribution in [0.4, 0.5) is 0 Å². The van der Waals surface area contributed by atoms with E-state index in [4.69, 9.17) is 4.74 Å². The first-order valence-corrected chi connectivity index (χ1v) is 11.5. The van der Waals surface area contributed by atoms with E-state index in [0.717, 1.165) is 37.1 Å². The normalized spacial score (nSPS) is 15.2. The molecule has 1 fully saturated rings. The molecular formula is C29H32N2O. The minimum atomic E-state index is -0.645. The zero-order valence-corrected chi connectivity index (χ0v) is 19.1. The van der Waals surface area contributed by atoms with Crippen LogP contribution < -0.4 is 0 Å². The Kier molecular flexibility index (Phi) is 6.74. The fraction of sp³-hybridized carbons (Fsp3) is 0.345. The van der Waals surface area contributed by atoms with Gasteiger partial charge in [-0.15, -0.1) is 0 Å². The molecule has 3 nitrogen and oxygen atoms in total. The maximum Gasteiger partial charge on any atom is 0.107 e. The highest BCUT2D eigenvalue weighted by Gasteiger charge is 2.41. The minimum absolute atomic E-state index is 0.00172. The van der Waals surface area contributed by atoms with Gasteiger partial charge in [-0.3, -0.25) is 4.90 Å². The maximum absolute atomic E-state index is 10.4. The summed E-state index contributed by atoms with van der Waals surface area (Å²) in [6.07, 6.45) is 1.98. The van der Waals surface area contributed by atoms with Gasteiger partial charge in [-0.2, -0.15) is 5.26 Å². The van der Waals surface area contributed by atoms with Gasteiger partial charge in [-0.05, 0) is 43.4 Å². The standard InChI is InChI=1S/C29H32N2O/c1-28(2,31-20-27(21-31)32-22-24-12-6-3-7-13-24)18-19-29(23-30,25-14-8-4-9-15-25)26-16-10-5-11-17-26/h3-17,27H,18-22H2,1-2H3. The Morgan fingerprint density at radius 3 is 1.81 bits per heavy atom. The third kappa shape index (κ3) is 4.78. The van der Waals surface area contributed by atoms with Crippen LogP contribution in [0, 0.1) is 11.3 Å². The van der Waals surface area contributed by atoms with E-state index >= 15 is 0 Å². The molecule has 0 saturated carbocycles. The molecular weight excluding hydrogens is 392 g/mol. The van der Waals surface area contributed by atoms with Gasteiger partial charge in [0.25, 0.3) is 0 Å². The van der Waals surface area contributed by atoms with Crippen molar-refractivity contribution in [2.75, 3.05) is 13.1 Å². The van der Waals surface area contributed by atoms with E-state index < -0.39 is 5.41 Å². The number of nitriles is 1. The fourth-order valence-corrected chi connectivity index (χ4v) is 4.56. The number of hydrogen-bond donors (Lipinski definition) is 0. The van der Waals surface area contributed by atoms with Gasteiger partial charge in [0.1, 0.15) is 5.41 Å². The van der Waals surface area contributed by atoms with E-state index in [2.05, 4.69) is 73.3 Å². The molecule has 0 radical (unpaired) electrons. The van der Waals surface area contributed by atoms with E-state index in [1.807, 2.05) is 42.5 Å². The van der Waals surface area contributed by atoms with Crippen LogP contribution >= 0.6 is 0 Å². The van der Waals surface area contributed by atoms with Gasteiger partial charge < -0.3 is 4.74 Å². The Balaban J connectivity index is 1.41. The lowest BCUT2D eigenvalue weighted by Crippen LogP contribution is -2.60. The third-order valence-electron chi connectivity index (χ3n) is 6.87. The third-order valence-corrected chi connectivity index (χ3v) is 6.87. The van der Waals surface area contributed by atoms with Gasteiger partial charge >= 0.3 is 0 Å². The molecule has 0 aromatic heterocycles. The van der Waals surface area contributed by atoms with Crippen molar-refractivity contribution in [3.8, 4) is 6.07 Å². The Labute approximate surface area is 192 Å². The second kappa shape index (κ2) is 9.69. The molecule has 1 aliphatic rings. The van der Waals surface area contributed by atoms with Gasteiger partial charge in [0.15, 0.2) is 0 Å². The quantitative estimate of drug-likeness (QED) is 0.425. The van der Waals surface area contributed by atoms with Crippen LogP contribution in [0.1, 0.15) is 43.4 Å². The van der Waals surface area contributed by atoms with Gasteiger partial charge in [0, 0.05) is 18.6 Å². The molecule has 1 heterocycles. The summed E-state index contributed by atoms with van der Waals surface area (Å²) in [7, 11) is 0. The molecule has 3 aromatic carbocycles. The van der Waals surface area contributed by atoms with Crippen molar-refractivity contribution in [2.45, 2.75) is 50.4 Å². The van der Waals surface area contributed by atoms with Crippen LogP contribution in [-0.2, 0) is 16.8 Å². The highest BCUT2D eigenvalue weighted by Crippen LogP contribution is 2.39. The van der Waals surface area contributed by atoms with Crippen molar-refractivity contribution < 1.29 is 4.74 Å². The van der Waals surface area contributed by atoms with Gasteiger partial charge in [0.05, 0.1) is 18.8 Å². The highest BCUT2D eigenvalue weighted by atomic mass is 16.5. The predicted octanol–water partition coefficient (Wildman–Crippen LogP) is 5.96. The average Bonchev–Trinajstić information content (AvgIpc) is 2.81. The minimum Gasteiger partial charge on any atom is -0.371 e. The lowest BCUT2D eigenvalue weighted by atomic mass is 9.70. The molecule has 0 atom stereocenters. The molecule has 0 unspecified atom stereocenters. The number of likely N-dealkylation sites (tertiary alicyclic amines) is 1.